The fraction of sp³-hybridized carbons (Fsp3) is 0.222. The van der Waals surface area contributed by atoms with E-state index >= 15 is 0 Å². The first-order valence-corrected chi connectivity index (χ1v) is 10.3. The highest BCUT2D eigenvalue weighted by atomic mass is 32.2. The van der Waals surface area contributed by atoms with E-state index in [4.69, 9.17) is 4.74 Å². The molecule has 0 saturated heterocycles. The average Bonchev–Trinajstić information content (AvgIpc) is 3.15. The molecule has 0 aliphatic carbocycles. The van der Waals surface area contributed by atoms with E-state index in [0.29, 0.717) is 10.9 Å². The molecule has 1 amide bonds. The van der Waals surface area contributed by atoms with Gasteiger partial charge < -0.3 is 10.1 Å². The lowest BCUT2D eigenvalue weighted by Gasteiger charge is -2.11. The zero-order chi connectivity index (χ0) is 19.2. The fourth-order valence-corrected chi connectivity index (χ4v) is 3.69. The number of para-hydroxylation sites is 1. The van der Waals surface area contributed by atoms with E-state index in [2.05, 4.69) is 20.8 Å². The summed E-state index contributed by atoms with van der Waals surface area (Å²) in [6.07, 6.45) is 1.98. The summed E-state index contributed by atoms with van der Waals surface area (Å²) in [7, 11) is 1.60. The van der Waals surface area contributed by atoms with Crippen molar-refractivity contribution in [2.75, 3.05) is 24.4 Å². The minimum atomic E-state index is -0.118. The molecule has 140 valence electrons. The average molecular weight is 402 g/mol. The largest absolute Gasteiger partial charge is 0.494 e. The number of ether oxygens (including phenoxy) is 1. The van der Waals surface area contributed by atoms with Gasteiger partial charge in [-0.15, -0.1) is 16.9 Å². The Morgan fingerprint density at radius 2 is 2.07 bits per heavy atom. The summed E-state index contributed by atoms with van der Waals surface area (Å²) in [4.78, 5) is 13.4. The number of amides is 1. The molecule has 0 fully saturated rings. The molecule has 0 unspecified atom stereocenters. The maximum absolute atomic E-state index is 12.4. The molecule has 2 aromatic carbocycles. The Balaban J connectivity index is 1.72. The van der Waals surface area contributed by atoms with Gasteiger partial charge >= 0.3 is 0 Å². The number of hydrogen-bond donors (Lipinski definition) is 1. The third-order valence-corrected chi connectivity index (χ3v) is 5.43. The van der Waals surface area contributed by atoms with E-state index < -0.39 is 0 Å². The number of nitrogens with one attached hydrogen (secondary N) is 1. The van der Waals surface area contributed by atoms with Crippen LogP contribution < -0.4 is 10.1 Å². The number of nitrogens with zero attached hydrogens (tertiary/aromatic N) is 4. The second-order valence-electron chi connectivity index (χ2n) is 5.59. The van der Waals surface area contributed by atoms with E-state index in [9.17, 15) is 4.79 Å². The number of methoxy groups -OCH3 is 1. The molecule has 3 rings (SSSR count). The van der Waals surface area contributed by atoms with Crippen LogP contribution in [0.4, 0.5) is 5.69 Å². The van der Waals surface area contributed by atoms with Gasteiger partial charge in [0, 0.05) is 4.90 Å². The molecular formula is C18H19N5O2S2. The van der Waals surface area contributed by atoms with Gasteiger partial charge in [-0.3, -0.25) is 4.79 Å². The maximum atomic E-state index is 12.4. The molecule has 7 nitrogen and oxygen atoms in total. The van der Waals surface area contributed by atoms with Gasteiger partial charge in [0.05, 0.1) is 18.6 Å². The number of anilines is 1. The molecule has 1 aromatic heterocycles. The standard InChI is InChI=1S/C18H19N5O2S2/c1-12-8-9-15(25-2)14(10-12)23-18(20-21-22-23)27-11-17(24)19-13-6-4-5-7-16(13)26-3/h4-10H,11H2,1-3H3,(H,19,24). The molecule has 0 atom stereocenters. The molecule has 0 aliphatic heterocycles. The quantitative estimate of drug-likeness (QED) is 0.607. The summed E-state index contributed by atoms with van der Waals surface area (Å²) in [5, 5.41) is 15.3. The minimum Gasteiger partial charge on any atom is -0.494 e. The van der Waals surface area contributed by atoms with Crippen molar-refractivity contribution in [2.24, 2.45) is 0 Å². The van der Waals surface area contributed by atoms with Crippen molar-refractivity contribution in [3.8, 4) is 11.4 Å². The number of carbonyl (C=O) groups is 1. The lowest BCUT2D eigenvalue weighted by atomic mass is 10.2. The number of hydrogen-bond acceptors (Lipinski definition) is 7. The van der Waals surface area contributed by atoms with Crippen LogP contribution >= 0.6 is 23.5 Å². The molecule has 3 aromatic rings. The van der Waals surface area contributed by atoms with Gasteiger partial charge in [0.2, 0.25) is 11.1 Å². The van der Waals surface area contributed by atoms with Crippen LogP contribution in [0.1, 0.15) is 5.56 Å². The molecular weight excluding hydrogens is 382 g/mol. The third-order valence-electron chi connectivity index (χ3n) is 3.72. The van der Waals surface area contributed by atoms with Crippen LogP contribution in [-0.4, -0.2) is 45.2 Å². The Labute approximate surface area is 165 Å². The number of benzene rings is 2. The second kappa shape index (κ2) is 8.92. The number of carbonyl (C=O) groups excluding carboxylic acids is 1. The highest BCUT2D eigenvalue weighted by Crippen LogP contribution is 2.28. The van der Waals surface area contributed by atoms with Crippen LogP contribution in [0.2, 0.25) is 0 Å². The molecule has 0 spiro atoms. The Morgan fingerprint density at radius 3 is 2.85 bits per heavy atom. The van der Waals surface area contributed by atoms with Crippen LogP contribution in [-0.2, 0) is 4.79 Å². The first-order chi connectivity index (χ1) is 13.1. The molecule has 0 saturated carbocycles. The zero-order valence-corrected chi connectivity index (χ0v) is 16.8. The van der Waals surface area contributed by atoms with Crippen LogP contribution in [0.3, 0.4) is 0 Å². The predicted octanol–water partition coefficient (Wildman–Crippen LogP) is 3.43. The SMILES string of the molecule is COc1ccc(C)cc1-n1nnnc1SCC(=O)Nc1ccccc1SC. The van der Waals surface area contributed by atoms with Crippen molar-refractivity contribution in [1.29, 1.82) is 0 Å². The molecule has 1 N–H and O–H groups in total. The number of rotatable bonds is 7. The number of aryl methyl sites for hydroxylation is 1. The monoisotopic (exact) mass is 401 g/mol. The zero-order valence-electron chi connectivity index (χ0n) is 15.2. The second-order valence-corrected chi connectivity index (χ2v) is 7.38. The summed E-state index contributed by atoms with van der Waals surface area (Å²) in [6.45, 7) is 1.98. The van der Waals surface area contributed by atoms with Gasteiger partial charge in [-0.1, -0.05) is 30.0 Å². The summed E-state index contributed by atoms with van der Waals surface area (Å²) in [6, 6.07) is 13.5. The molecule has 0 bridgehead atoms. The maximum Gasteiger partial charge on any atom is 0.234 e. The van der Waals surface area contributed by atoms with Crippen LogP contribution in [0, 0.1) is 6.92 Å². The Hall–Kier alpha value is -2.52. The van der Waals surface area contributed by atoms with E-state index in [1.807, 2.05) is 55.6 Å². The first kappa shape index (κ1) is 19.2. The van der Waals surface area contributed by atoms with Crippen molar-refractivity contribution >= 4 is 35.1 Å². The highest BCUT2D eigenvalue weighted by Gasteiger charge is 2.15. The Morgan fingerprint density at radius 1 is 1.26 bits per heavy atom. The number of tetrazole rings is 1. The summed E-state index contributed by atoms with van der Waals surface area (Å²) in [5.41, 5.74) is 2.59. The molecule has 0 radical (unpaired) electrons. The smallest absolute Gasteiger partial charge is 0.234 e. The minimum absolute atomic E-state index is 0.118. The van der Waals surface area contributed by atoms with Crippen LogP contribution in [0.15, 0.2) is 52.5 Å². The molecule has 0 aliphatic rings. The molecule has 9 heteroatoms. The number of thioether (sulfide) groups is 2. The van der Waals surface area contributed by atoms with E-state index in [1.54, 1.807) is 23.6 Å². The van der Waals surface area contributed by atoms with Crippen molar-refractivity contribution in [2.45, 2.75) is 17.0 Å². The van der Waals surface area contributed by atoms with E-state index in [1.165, 1.54) is 11.8 Å². The summed E-state index contributed by atoms with van der Waals surface area (Å²) in [5.74, 6) is 0.734. The first-order valence-electron chi connectivity index (χ1n) is 8.11. The fourth-order valence-electron chi connectivity index (χ4n) is 2.45. The lowest BCUT2D eigenvalue weighted by Crippen LogP contribution is -2.15. The van der Waals surface area contributed by atoms with E-state index in [-0.39, 0.29) is 11.7 Å². The topological polar surface area (TPSA) is 81.9 Å². The summed E-state index contributed by atoms with van der Waals surface area (Å²) < 4.78 is 6.98. The van der Waals surface area contributed by atoms with Gasteiger partial charge in [-0.05, 0) is 53.4 Å². The van der Waals surface area contributed by atoms with Crippen molar-refractivity contribution in [3.63, 3.8) is 0 Å². The molecule has 27 heavy (non-hydrogen) atoms. The van der Waals surface area contributed by atoms with Gasteiger partial charge in [-0.25, -0.2) is 0 Å². The predicted molar refractivity (Wildman–Crippen MR) is 108 cm³/mol. The van der Waals surface area contributed by atoms with Gasteiger partial charge in [0.1, 0.15) is 11.4 Å². The van der Waals surface area contributed by atoms with Gasteiger partial charge in [-0.2, -0.15) is 4.68 Å². The van der Waals surface area contributed by atoms with Crippen molar-refractivity contribution in [3.05, 3.63) is 48.0 Å². The lowest BCUT2D eigenvalue weighted by molar-refractivity contribution is -0.113. The van der Waals surface area contributed by atoms with Crippen molar-refractivity contribution in [1.82, 2.24) is 20.2 Å². The number of aromatic nitrogens is 4. The normalized spacial score (nSPS) is 10.6. The summed E-state index contributed by atoms with van der Waals surface area (Å²) >= 11 is 2.85. The third kappa shape index (κ3) is 4.61. The van der Waals surface area contributed by atoms with Gasteiger partial charge in [0.15, 0.2) is 0 Å². The van der Waals surface area contributed by atoms with E-state index in [0.717, 1.165) is 21.8 Å². The van der Waals surface area contributed by atoms with Gasteiger partial charge in [0.25, 0.3) is 0 Å². The molecule has 1 heterocycles. The van der Waals surface area contributed by atoms with Crippen LogP contribution in [0.25, 0.3) is 5.69 Å². The van der Waals surface area contributed by atoms with Crippen LogP contribution in [0.5, 0.6) is 5.75 Å². The Bertz CT molecular complexity index is 945. The Kier molecular flexibility index (Phi) is 6.36. The highest BCUT2D eigenvalue weighted by molar-refractivity contribution is 7.99. The van der Waals surface area contributed by atoms with Crippen molar-refractivity contribution < 1.29 is 9.53 Å².